The third kappa shape index (κ3) is 3.14. The molecule has 2 aliphatic heterocycles. The molecule has 0 N–H and O–H groups in total. The Morgan fingerprint density at radius 3 is 2.44 bits per heavy atom. The molecule has 0 spiro atoms. The highest BCUT2D eigenvalue weighted by molar-refractivity contribution is 8.25. The van der Waals surface area contributed by atoms with Gasteiger partial charge >= 0.3 is 0 Å². The van der Waals surface area contributed by atoms with Crippen LogP contribution >= 0.6 is 35.1 Å². The number of Topliss-reactive ketones (excluding diaryl/α,β-unsaturated/α-hetero) is 1. The van der Waals surface area contributed by atoms with E-state index in [-0.39, 0.29) is 18.1 Å². The Morgan fingerprint density at radius 2 is 1.80 bits per heavy atom. The molecule has 1 aromatic carbocycles. The summed E-state index contributed by atoms with van der Waals surface area (Å²) >= 11 is 9.16. The maximum absolute atomic E-state index is 13.3. The van der Waals surface area contributed by atoms with E-state index in [1.807, 2.05) is 0 Å². The SMILES string of the molecule is O=C1CC(c2ccco2)N(c2ccc(Cl)cc2)C(=O)C1=C1SCCS1. The summed E-state index contributed by atoms with van der Waals surface area (Å²) in [5.41, 5.74) is 1.01. The second-order valence-electron chi connectivity index (χ2n) is 5.67. The van der Waals surface area contributed by atoms with Crippen LogP contribution in [0.5, 0.6) is 0 Å². The van der Waals surface area contributed by atoms with E-state index in [1.165, 1.54) is 0 Å². The maximum atomic E-state index is 13.3. The molecule has 0 bridgehead atoms. The first kappa shape index (κ1) is 16.8. The number of amides is 1. The summed E-state index contributed by atoms with van der Waals surface area (Å²) in [6.45, 7) is 0. The van der Waals surface area contributed by atoms with Crippen LogP contribution in [-0.4, -0.2) is 23.2 Å². The largest absolute Gasteiger partial charge is 0.467 e. The number of halogens is 1. The Labute approximate surface area is 158 Å². The summed E-state index contributed by atoms with van der Waals surface area (Å²) in [5, 5.41) is 0.597. The Balaban J connectivity index is 1.81. The Morgan fingerprint density at radius 1 is 1.08 bits per heavy atom. The third-order valence-electron chi connectivity index (χ3n) is 4.13. The minimum Gasteiger partial charge on any atom is -0.467 e. The number of ketones is 1. The van der Waals surface area contributed by atoms with Gasteiger partial charge in [0, 0.05) is 28.6 Å². The second-order valence-corrected chi connectivity index (χ2v) is 8.57. The van der Waals surface area contributed by atoms with Crippen molar-refractivity contribution in [1.29, 1.82) is 0 Å². The number of anilines is 1. The molecule has 2 saturated heterocycles. The van der Waals surface area contributed by atoms with Crippen LogP contribution in [0.1, 0.15) is 18.2 Å². The summed E-state index contributed by atoms with van der Waals surface area (Å²) in [6, 6.07) is 10.2. The second kappa shape index (κ2) is 6.94. The van der Waals surface area contributed by atoms with Crippen molar-refractivity contribution >= 4 is 52.5 Å². The predicted octanol–water partition coefficient (Wildman–Crippen LogP) is 4.67. The molecule has 128 valence electrons. The van der Waals surface area contributed by atoms with Crippen molar-refractivity contribution in [3.05, 3.63) is 63.3 Å². The molecule has 0 aliphatic carbocycles. The molecule has 1 amide bonds. The first-order valence-electron chi connectivity index (χ1n) is 7.81. The molecule has 1 unspecified atom stereocenters. The molecule has 2 aliphatic rings. The summed E-state index contributed by atoms with van der Waals surface area (Å²) in [6.07, 6.45) is 1.77. The van der Waals surface area contributed by atoms with Crippen molar-refractivity contribution in [3.63, 3.8) is 0 Å². The molecular formula is C18H14ClNO3S2. The quantitative estimate of drug-likeness (QED) is 0.550. The van der Waals surface area contributed by atoms with Gasteiger partial charge in [0.25, 0.3) is 5.91 Å². The van der Waals surface area contributed by atoms with Crippen molar-refractivity contribution in [2.24, 2.45) is 0 Å². The summed E-state index contributed by atoms with van der Waals surface area (Å²) in [5.74, 6) is 2.07. The number of hydrogen-bond donors (Lipinski definition) is 0. The summed E-state index contributed by atoms with van der Waals surface area (Å²) in [4.78, 5) is 27.6. The van der Waals surface area contributed by atoms with Crippen LogP contribution in [0.15, 0.2) is 56.9 Å². The van der Waals surface area contributed by atoms with Crippen LogP contribution < -0.4 is 4.90 Å². The van der Waals surface area contributed by atoms with Crippen molar-refractivity contribution < 1.29 is 14.0 Å². The molecule has 1 aromatic heterocycles. The smallest absolute Gasteiger partial charge is 0.264 e. The van der Waals surface area contributed by atoms with Crippen LogP contribution in [0, 0.1) is 0 Å². The minimum atomic E-state index is -0.447. The molecule has 3 heterocycles. The highest BCUT2D eigenvalue weighted by Crippen LogP contribution is 2.44. The van der Waals surface area contributed by atoms with Crippen LogP contribution in [-0.2, 0) is 9.59 Å². The molecule has 0 radical (unpaired) electrons. The number of thioether (sulfide) groups is 2. The molecule has 2 aromatic rings. The zero-order valence-corrected chi connectivity index (χ0v) is 15.5. The van der Waals surface area contributed by atoms with E-state index in [0.29, 0.717) is 22.0 Å². The molecule has 2 fully saturated rings. The van der Waals surface area contributed by atoms with Crippen LogP contribution in [0.3, 0.4) is 0 Å². The van der Waals surface area contributed by atoms with Gasteiger partial charge in [-0.2, -0.15) is 0 Å². The molecule has 0 saturated carbocycles. The number of nitrogens with zero attached hydrogens (tertiary/aromatic N) is 1. The molecule has 4 rings (SSSR count). The van der Waals surface area contributed by atoms with Gasteiger partial charge in [-0.05, 0) is 36.4 Å². The van der Waals surface area contributed by atoms with Crippen LogP contribution in [0.4, 0.5) is 5.69 Å². The number of piperidine rings is 1. The fourth-order valence-electron chi connectivity index (χ4n) is 3.01. The van der Waals surface area contributed by atoms with Gasteiger partial charge in [0.2, 0.25) is 0 Å². The summed E-state index contributed by atoms with van der Waals surface area (Å²) < 4.78 is 6.35. The number of hydrogen-bond acceptors (Lipinski definition) is 5. The number of rotatable bonds is 2. The van der Waals surface area contributed by atoms with Gasteiger partial charge in [-0.1, -0.05) is 11.6 Å². The molecule has 25 heavy (non-hydrogen) atoms. The highest BCUT2D eigenvalue weighted by atomic mass is 35.5. The number of furan rings is 1. The molecule has 1 atom stereocenters. The van der Waals surface area contributed by atoms with Crippen molar-refractivity contribution in [3.8, 4) is 0 Å². The van der Waals surface area contributed by atoms with E-state index in [4.69, 9.17) is 16.0 Å². The lowest BCUT2D eigenvalue weighted by Crippen LogP contribution is -2.43. The Hall–Kier alpha value is -1.63. The van der Waals surface area contributed by atoms with Gasteiger partial charge in [0.1, 0.15) is 17.4 Å². The average molecular weight is 392 g/mol. The lowest BCUT2D eigenvalue weighted by atomic mass is 9.94. The van der Waals surface area contributed by atoms with Crippen molar-refractivity contribution in [2.75, 3.05) is 16.4 Å². The van der Waals surface area contributed by atoms with Gasteiger partial charge in [-0.3, -0.25) is 14.5 Å². The molecule has 4 nitrogen and oxygen atoms in total. The highest BCUT2D eigenvalue weighted by Gasteiger charge is 2.42. The first-order chi connectivity index (χ1) is 12.1. The molecule has 7 heteroatoms. The van der Waals surface area contributed by atoms with Crippen molar-refractivity contribution in [2.45, 2.75) is 12.5 Å². The van der Waals surface area contributed by atoms with E-state index in [1.54, 1.807) is 71.1 Å². The van der Waals surface area contributed by atoms with Gasteiger partial charge in [-0.25, -0.2) is 0 Å². The van der Waals surface area contributed by atoms with Gasteiger partial charge < -0.3 is 4.42 Å². The Bertz CT molecular complexity index is 838. The van der Waals surface area contributed by atoms with E-state index >= 15 is 0 Å². The van der Waals surface area contributed by atoms with E-state index in [9.17, 15) is 9.59 Å². The lowest BCUT2D eigenvalue weighted by Gasteiger charge is -2.35. The van der Waals surface area contributed by atoms with Gasteiger partial charge in [0.05, 0.1) is 10.5 Å². The zero-order valence-electron chi connectivity index (χ0n) is 13.1. The lowest BCUT2D eigenvalue weighted by molar-refractivity contribution is -0.124. The topological polar surface area (TPSA) is 50.5 Å². The first-order valence-corrected chi connectivity index (χ1v) is 10.2. The fraction of sp³-hybridized carbons (Fsp3) is 0.222. The number of carbonyl (C=O) groups excluding carboxylic acids is 2. The maximum Gasteiger partial charge on any atom is 0.264 e. The standard InChI is InChI=1S/C18H14ClNO3S2/c19-11-3-5-12(6-4-11)20-13(15-2-1-7-23-15)10-14(21)16(17(20)22)18-24-8-9-25-18/h1-7,13H,8-10H2. The fourth-order valence-corrected chi connectivity index (χ4v) is 5.70. The van der Waals surface area contributed by atoms with E-state index < -0.39 is 6.04 Å². The van der Waals surface area contributed by atoms with Crippen molar-refractivity contribution in [1.82, 2.24) is 0 Å². The zero-order chi connectivity index (χ0) is 17.4. The average Bonchev–Trinajstić information content (AvgIpc) is 3.29. The van der Waals surface area contributed by atoms with Gasteiger partial charge in [0.15, 0.2) is 5.78 Å². The number of carbonyl (C=O) groups is 2. The Kier molecular flexibility index (Phi) is 4.67. The van der Waals surface area contributed by atoms with Gasteiger partial charge in [-0.15, -0.1) is 23.5 Å². The monoisotopic (exact) mass is 391 g/mol. The van der Waals surface area contributed by atoms with Crippen LogP contribution in [0.25, 0.3) is 0 Å². The molecular weight excluding hydrogens is 378 g/mol. The third-order valence-corrected chi connectivity index (χ3v) is 7.10. The minimum absolute atomic E-state index is 0.117. The number of benzene rings is 1. The van der Waals surface area contributed by atoms with Crippen LogP contribution in [0.2, 0.25) is 5.02 Å². The van der Waals surface area contributed by atoms with E-state index in [0.717, 1.165) is 15.7 Å². The summed E-state index contributed by atoms with van der Waals surface area (Å²) in [7, 11) is 0. The normalized spacial score (nSPS) is 21.3. The van der Waals surface area contributed by atoms with E-state index in [2.05, 4.69) is 0 Å². The predicted molar refractivity (Wildman–Crippen MR) is 102 cm³/mol.